The molecule has 1 fully saturated rings. The van der Waals surface area contributed by atoms with Gasteiger partial charge in [0, 0.05) is 23.2 Å². The Morgan fingerprint density at radius 2 is 2.10 bits per heavy atom. The quantitative estimate of drug-likeness (QED) is 0.879. The second-order valence-electron chi connectivity index (χ2n) is 5.19. The lowest BCUT2D eigenvalue weighted by atomic mass is 10.2. The van der Waals surface area contributed by atoms with Crippen LogP contribution in [0.3, 0.4) is 0 Å². The van der Waals surface area contributed by atoms with Crippen LogP contribution >= 0.6 is 15.9 Å². The number of hydrogen-bond donors (Lipinski definition) is 2. The Morgan fingerprint density at radius 3 is 2.76 bits per heavy atom. The summed E-state index contributed by atoms with van der Waals surface area (Å²) in [5.74, 6) is 3.37. The van der Waals surface area contributed by atoms with Gasteiger partial charge in [-0.15, -0.1) is 0 Å². The number of ether oxygens (including phenoxy) is 1. The predicted molar refractivity (Wildman–Crippen MR) is 87.1 cm³/mol. The lowest BCUT2D eigenvalue weighted by molar-refractivity contribution is 0.412. The van der Waals surface area contributed by atoms with E-state index in [1.165, 1.54) is 0 Å². The van der Waals surface area contributed by atoms with Gasteiger partial charge in [0.25, 0.3) is 0 Å². The summed E-state index contributed by atoms with van der Waals surface area (Å²) in [6.45, 7) is 1.92. The first-order chi connectivity index (χ1) is 10.1. The zero-order valence-electron chi connectivity index (χ0n) is 12.0. The summed E-state index contributed by atoms with van der Waals surface area (Å²) in [5.41, 5.74) is 7.76. The van der Waals surface area contributed by atoms with Crippen LogP contribution < -0.4 is 15.8 Å². The normalized spacial score (nSPS) is 14.0. The highest BCUT2D eigenvalue weighted by Gasteiger charge is 2.27. The van der Waals surface area contributed by atoms with Gasteiger partial charge in [-0.05, 0) is 47.8 Å². The van der Waals surface area contributed by atoms with Crippen LogP contribution in [0.5, 0.6) is 5.75 Å². The SMILES string of the molecule is COc1cc(Nc2nc(C3CC3)nc(N)c2C)ccc1Br. The van der Waals surface area contributed by atoms with Crippen LogP contribution in [0.2, 0.25) is 0 Å². The topological polar surface area (TPSA) is 73.1 Å². The summed E-state index contributed by atoms with van der Waals surface area (Å²) in [6, 6.07) is 5.81. The van der Waals surface area contributed by atoms with E-state index in [1.807, 2.05) is 25.1 Å². The molecule has 0 amide bonds. The van der Waals surface area contributed by atoms with Crippen molar-refractivity contribution in [2.24, 2.45) is 0 Å². The molecule has 0 atom stereocenters. The molecule has 1 aliphatic rings. The monoisotopic (exact) mass is 348 g/mol. The number of benzene rings is 1. The molecule has 0 spiro atoms. The molecule has 1 aliphatic carbocycles. The molecular weight excluding hydrogens is 332 g/mol. The van der Waals surface area contributed by atoms with Gasteiger partial charge in [0.1, 0.15) is 23.2 Å². The van der Waals surface area contributed by atoms with Crippen molar-refractivity contribution in [2.45, 2.75) is 25.7 Å². The molecule has 3 N–H and O–H groups in total. The van der Waals surface area contributed by atoms with Gasteiger partial charge in [-0.1, -0.05) is 0 Å². The summed E-state index contributed by atoms with van der Waals surface area (Å²) in [7, 11) is 1.64. The van der Waals surface area contributed by atoms with E-state index < -0.39 is 0 Å². The minimum Gasteiger partial charge on any atom is -0.495 e. The van der Waals surface area contributed by atoms with E-state index in [2.05, 4.69) is 31.2 Å². The number of halogens is 1. The van der Waals surface area contributed by atoms with E-state index in [1.54, 1.807) is 7.11 Å². The lowest BCUT2D eigenvalue weighted by Crippen LogP contribution is -2.06. The van der Waals surface area contributed by atoms with E-state index in [0.29, 0.717) is 11.7 Å². The average molecular weight is 349 g/mol. The molecule has 5 nitrogen and oxygen atoms in total. The number of hydrogen-bond acceptors (Lipinski definition) is 5. The highest BCUT2D eigenvalue weighted by molar-refractivity contribution is 9.10. The zero-order valence-corrected chi connectivity index (χ0v) is 13.6. The number of methoxy groups -OCH3 is 1. The third kappa shape index (κ3) is 2.95. The Morgan fingerprint density at radius 1 is 1.33 bits per heavy atom. The fourth-order valence-electron chi connectivity index (χ4n) is 2.07. The largest absolute Gasteiger partial charge is 0.495 e. The van der Waals surface area contributed by atoms with Crippen LogP contribution in [0.25, 0.3) is 0 Å². The van der Waals surface area contributed by atoms with Crippen molar-refractivity contribution in [3.8, 4) is 5.75 Å². The predicted octanol–water partition coefficient (Wildman–Crippen LogP) is 3.76. The molecule has 0 aliphatic heterocycles. The van der Waals surface area contributed by atoms with Gasteiger partial charge >= 0.3 is 0 Å². The second kappa shape index (κ2) is 5.52. The Balaban J connectivity index is 1.93. The Bertz CT molecular complexity index is 686. The maximum absolute atomic E-state index is 6.00. The van der Waals surface area contributed by atoms with E-state index in [0.717, 1.165) is 46.0 Å². The van der Waals surface area contributed by atoms with Crippen LogP contribution in [-0.2, 0) is 0 Å². The Hall–Kier alpha value is -1.82. The molecule has 6 heteroatoms. The molecule has 0 unspecified atom stereocenters. The summed E-state index contributed by atoms with van der Waals surface area (Å²) < 4.78 is 6.22. The smallest absolute Gasteiger partial charge is 0.139 e. The molecule has 1 aromatic carbocycles. The average Bonchev–Trinajstić information content (AvgIpc) is 3.30. The van der Waals surface area contributed by atoms with Crippen molar-refractivity contribution in [3.63, 3.8) is 0 Å². The molecule has 0 bridgehead atoms. The molecule has 1 heterocycles. The lowest BCUT2D eigenvalue weighted by Gasteiger charge is -2.13. The minimum absolute atomic E-state index is 0.466. The van der Waals surface area contributed by atoms with Crippen LogP contribution in [0.4, 0.5) is 17.3 Å². The molecule has 0 radical (unpaired) electrons. The molecule has 3 rings (SSSR count). The fraction of sp³-hybridized carbons (Fsp3) is 0.333. The number of rotatable bonds is 4. The van der Waals surface area contributed by atoms with Crippen LogP contribution in [0, 0.1) is 6.92 Å². The van der Waals surface area contributed by atoms with Crippen LogP contribution in [0.1, 0.15) is 30.1 Å². The second-order valence-corrected chi connectivity index (χ2v) is 6.04. The number of nitrogen functional groups attached to an aromatic ring is 1. The molecule has 1 aromatic heterocycles. The van der Waals surface area contributed by atoms with E-state index in [9.17, 15) is 0 Å². The van der Waals surface area contributed by atoms with Crippen molar-refractivity contribution in [3.05, 3.63) is 34.1 Å². The van der Waals surface area contributed by atoms with Crippen molar-refractivity contribution >= 4 is 33.3 Å². The third-order valence-corrected chi connectivity index (χ3v) is 4.21. The highest BCUT2D eigenvalue weighted by atomic mass is 79.9. The number of nitrogens with one attached hydrogen (secondary N) is 1. The zero-order chi connectivity index (χ0) is 15.0. The number of aromatic nitrogens is 2. The van der Waals surface area contributed by atoms with Gasteiger partial charge in [0.2, 0.25) is 0 Å². The first-order valence-electron chi connectivity index (χ1n) is 6.83. The maximum atomic E-state index is 6.00. The van der Waals surface area contributed by atoms with E-state index in [-0.39, 0.29) is 0 Å². The fourth-order valence-corrected chi connectivity index (χ4v) is 2.48. The maximum Gasteiger partial charge on any atom is 0.139 e. The minimum atomic E-state index is 0.466. The summed E-state index contributed by atoms with van der Waals surface area (Å²) >= 11 is 3.44. The van der Waals surface area contributed by atoms with Crippen molar-refractivity contribution in [1.29, 1.82) is 0 Å². The van der Waals surface area contributed by atoms with Crippen molar-refractivity contribution in [1.82, 2.24) is 9.97 Å². The van der Waals surface area contributed by atoms with E-state index >= 15 is 0 Å². The summed E-state index contributed by atoms with van der Waals surface area (Å²) in [6.07, 6.45) is 2.29. The van der Waals surface area contributed by atoms with Gasteiger partial charge in [0.05, 0.1) is 11.6 Å². The standard InChI is InChI=1S/C15H17BrN4O/c1-8-13(17)19-15(9-3-4-9)20-14(8)18-10-5-6-11(16)12(7-10)21-2/h5-7,9H,3-4H2,1-2H3,(H3,17,18,19,20). The molecule has 21 heavy (non-hydrogen) atoms. The third-order valence-electron chi connectivity index (χ3n) is 3.56. The van der Waals surface area contributed by atoms with Gasteiger partial charge in [0.15, 0.2) is 0 Å². The summed E-state index contributed by atoms with van der Waals surface area (Å²) in [4.78, 5) is 8.99. The van der Waals surface area contributed by atoms with Crippen LogP contribution in [-0.4, -0.2) is 17.1 Å². The van der Waals surface area contributed by atoms with Crippen LogP contribution in [0.15, 0.2) is 22.7 Å². The van der Waals surface area contributed by atoms with Crippen molar-refractivity contribution in [2.75, 3.05) is 18.2 Å². The molecule has 1 saturated carbocycles. The van der Waals surface area contributed by atoms with Gasteiger partial charge in [-0.25, -0.2) is 9.97 Å². The first-order valence-corrected chi connectivity index (χ1v) is 7.62. The Kier molecular flexibility index (Phi) is 3.71. The number of anilines is 3. The van der Waals surface area contributed by atoms with Gasteiger partial charge in [-0.3, -0.25) is 0 Å². The molecule has 110 valence electrons. The van der Waals surface area contributed by atoms with Gasteiger partial charge < -0.3 is 15.8 Å². The number of nitrogens with two attached hydrogens (primary N) is 1. The molecule has 0 saturated heterocycles. The summed E-state index contributed by atoms with van der Waals surface area (Å²) in [5, 5.41) is 3.31. The van der Waals surface area contributed by atoms with Gasteiger partial charge in [-0.2, -0.15) is 0 Å². The molecular formula is C15H17BrN4O. The molecule has 2 aromatic rings. The number of nitrogens with zero attached hydrogens (tertiary/aromatic N) is 2. The van der Waals surface area contributed by atoms with E-state index in [4.69, 9.17) is 10.5 Å². The van der Waals surface area contributed by atoms with Crippen molar-refractivity contribution < 1.29 is 4.74 Å². The Labute approximate surface area is 132 Å². The first kappa shape index (κ1) is 14.1. The highest BCUT2D eigenvalue weighted by Crippen LogP contribution is 2.39.